The van der Waals surface area contributed by atoms with Crippen LogP contribution in [0.1, 0.15) is 0 Å². The maximum Gasteiger partial charge on any atom is 0.131 e. The molecule has 0 bridgehead atoms. The van der Waals surface area contributed by atoms with Gasteiger partial charge in [0.1, 0.15) is 5.82 Å². The summed E-state index contributed by atoms with van der Waals surface area (Å²) in [6, 6.07) is 8.28. The van der Waals surface area contributed by atoms with Gasteiger partial charge in [-0.2, -0.15) is 0 Å². The molecule has 0 fully saturated rings. The first-order valence-corrected chi connectivity index (χ1v) is 4.61. The number of fused-ring (bicyclic) bond motifs is 1. The Morgan fingerprint density at radius 2 is 1.85 bits per heavy atom. The Kier molecular flexibility index (Phi) is 1.96. The summed E-state index contributed by atoms with van der Waals surface area (Å²) in [4.78, 5) is 0. The summed E-state index contributed by atoms with van der Waals surface area (Å²) < 4.78 is 14.1. The number of nitrogens with two attached hydrogens (primary N) is 1. The summed E-state index contributed by atoms with van der Waals surface area (Å²) in [7, 11) is 0. The van der Waals surface area contributed by atoms with Crippen LogP contribution >= 0.6 is 15.9 Å². The summed E-state index contributed by atoms with van der Waals surface area (Å²) in [6.07, 6.45) is 0. The van der Waals surface area contributed by atoms with Crippen LogP contribution in [-0.4, -0.2) is 0 Å². The number of halogens is 2. The summed E-state index contributed by atoms with van der Waals surface area (Å²) >= 11 is 3.31. The molecule has 0 heterocycles. The second-order valence-electron chi connectivity index (χ2n) is 2.83. The molecule has 0 radical (unpaired) electrons. The molecule has 0 spiro atoms. The summed E-state index contributed by atoms with van der Waals surface area (Å²) in [5.41, 5.74) is 6.30. The maximum absolute atomic E-state index is 13.2. The van der Waals surface area contributed by atoms with Crippen molar-refractivity contribution in [3.05, 3.63) is 40.6 Å². The standard InChI is InChI=1S/C10H7BrFN/c11-6-1-2-7-8(5-6)10(13)4-3-9(7)12/h1-5H,13H2. The lowest BCUT2D eigenvalue weighted by atomic mass is 10.1. The summed E-state index contributed by atoms with van der Waals surface area (Å²) in [5.74, 6) is -0.239. The highest BCUT2D eigenvalue weighted by Gasteiger charge is 2.03. The van der Waals surface area contributed by atoms with Crippen LogP contribution in [0.5, 0.6) is 0 Å². The second kappa shape index (κ2) is 3.00. The van der Waals surface area contributed by atoms with Gasteiger partial charge in [0.2, 0.25) is 0 Å². The molecule has 2 N–H and O–H groups in total. The van der Waals surface area contributed by atoms with Crippen molar-refractivity contribution in [2.45, 2.75) is 0 Å². The zero-order valence-corrected chi connectivity index (χ0v) is 8.31. The molecule has 2 aromatic carbocycles. The van der Waals surface area contributed by atoms with Crippen molar-refractivity contribution in [2.24, 2.45) is 0 Å². The SMILES string of the molecule is Nc1ccc(F)c2ccc(Br)cc12. The molecular formula is C10H7BrFN. The van der Waals surface area contributed by atoms with E-state index in [0.717, 1.165) is 9.86 Å². The Morgan fingerprint density at radius 3 is 2.62 bits per heavy atom. The van der Waals surface area contributed by atoms with Gasteiger partial charge in [0.15, 0.2) is 0 Å². The van der Waals surface area contributed by atoms with Crippen LogP contribution in [0.3, 0.4) is 0 Å². The number of hydrogen-bond donors (Lipinski definition) is 1. The normalized spacial score (nSPS) is 10.6. The molecule has 0 aliphatic heterocycles. The largest absolute Gasteiger partial charge is 0.398 e. The predicted octanol–water partition coefficient (Wildman–Crippen LogP) is 3.32. The Bertz CT molecular complexity index is 468. The second-order valence-corrected chi connectivity index (χ2v) is 3.74. The Hall–Kier alpha value is -1.09. The molecule has 0 saturated heterocycles. The average molecular weight is 240 g/mol. The van der Waals surface area contributed by atoms with E-state index in [1.807, 2.05) is 6.07 Å². The van der Waals surface area contributed by atoms with Gasteiger partial charge in [-0.3, -0.25) is 0 Å². The quantitative estimate of drug-likeness (QED) is 0.702. The van der Waals surface area contributed by atoms with Gasteiger partial charge in [-0.25, -0.2) is 4.39 Å². The molecule has 0 aromatic heterocycles. The van der Waals surface area contributed by atoms with Gasteiger partial charge in [-0.1, -0.05) is 22.0 Å². The molecule has 66 valence electrons. The van der Waals surface area contributed by atoms with E-state index in [4.69, 9.17) is 5.73 Å². The van der Waals surface area contributed by atoms with Gasteiger partial charge in [-0.15, -0.1) is 0 Å². The number of hydrogen-bond acceptors (Lipinski definition) is 1. The van der Waals surface area contributed by atoms with Crippen LogP contribution in [0.4, 0.5) is 10.1 Å². The van der Waals surface area contributed by atoms with E-state index >= 15 is 0 Å². The third-order valence-corrected chi connectivity index (χ3v) is 2.45. The molecule has 2 aromatic rings. The van der Waals surface area contributed by atoms with E-state index < -0.39 is 0 Å². The van der Waals surface area contributed by atoms with E-state index in [1.54, 1.807) is 18.2 Å². The van der Waals surface area contributed by atoms with Crippen molar-refractivity contribution in [1.82, 2.24) is 0 Å². The smallest absolute Gasteiger partial charge is 0.131 e. The topological polar surface area (TPSA) is 26.0 Å². The van der Waals surface area contributed by atoms with E-state index in [0.29, 0.717) is 11.1 Å². The molecule has 3 heteroatoms. The number of rotatable bonds is 0. The molecule has 0 amide bonds. The first kappa shape index (κ1) is 8.51. The van der Waals surface area contributed by atoms with Crippen molar-refractivity contribution in [1.29, 1.82) is 0 Å². The predicted molar refractivity (Wildman–Crippen MR) is 56.0 cm³/mol. The van der Waals surface area contributed by atoms with Crippen molar-refractivity contribution < 1.29 is 4.39 Å². The van der Waals surface area contributed by atoms with Crippen LogP contribution in [0.15, 0.2) is 34.8 Å². The fourth-order valence-corrected chi connectivity index (χ4v) is 1.67. The Labute approximate surface area is 83.5 Å². The van der Waals surface area contributed by atoms with Crippen LogP contribution in [0.2, 0.25) is 0 Å². The average Bonchev–Trinajstić information content (AvgIpc) is 2.12. The highest BCUT2D eigenvalue weighted by atomic mass is 79.9. The third-order valence-electron chi connectivity index (χ3n) is 1.96. The van der Waals surface area contributed by atoms with E-state index in [2.05, 4.69) is 15.9 Å². The summed E-state index contributed by atoms with van der Waals surface area (Å²) in [6.45, 7) is 0. The third kappa shape index (κ3) is 1.40. The van der Waals surface area contributed by atoms with Gasteiger partial charge >= 0.3 is 0 Å². The molecule has 0 saturated carbocycles. The molecule has 2 rings (SSSR count). The summed E-state index contributed by atoms with van der Waals surface area (Å²) in [5, 5.41) is 1.30. The maximum atomic E-state index is 13.2. The van der Waals surface area contributed by atoms with Crippen LogP contribution in [0, 0.1) is 5.82 Å². The minimum atomic E-state index is -0.239. The zero-order valence-electron chi connectivity index (χ0n) is 6.72. The first-order valence-electron chi connectivity index (χ1n) is 3.82. The fourth-order valence-electron chi connectivity index (χ4n) is 1.31. The van der Waals surface area contributed by atoms with Crippen LogP contribution in [-0.2, 0) is 0 Å². The van der Waals surface area contributed by atoms with Gasteiger partial charge in [-0.05, 0) is 24.3 Å². The molecular weight excluding hydrogens is 233 g/mol. The van der Waals surface area contributed by atoms with Crippen molar-refractivity contribution >= 4 is 32.4 Å². The lowest BCUT2D eigenvalue weighted by Crippen LogP contribution is -1.88. The van der Waals surface area contributed by atoms with E-state index in [1.165, 1.54) is 6.07 Å². The molecule has 1 nitrogen and oxygen atoms in total. The van der Waals surface area contributed by atoms with Gasteiger partial charge in [0.05, 0.1) is 0 Å². The molecule has 13 heavy (non-hydrogen) atoms. The molecule has 0 atom stereocenters. The molecule has 0 aliphatic carbocycles. The first-order chi connectivity index (χ1) is 6.18. The zero-order chi connectivity index (χ0) is 9.42. The Balaban J connectivity index is 2.92. The highest BCUT2D eigenvalue weighted by Crippen LogP contribution is 2.26. The minimum Gasteiger partial charge on any atom is -0.398 e. The number of benzene rings is 2. The number of nitrogen functional groups attached to an aromatic ring is 1. The van der Waals surface area contributed by atoms with Gasteiger partial charge in [0.25, 0.3) is 0 Å². The lowest BCUT2D eigenvalue weighted by molar-refractivity contribution is 0.640. The monoisotopic (exact) mass is 239 g/mol. The van der Waals surface area contributed by atoms with Crippen molar-refractivity contribution in [3.8, 4) is 0 Å². The van der Waals surface area contributed by atoms with Crippen molar-refractivity contribution in [2.75, 3.05) is 5.73 Å². The van der Waals surface area contributed by atoms with Gasteiger partial charge in [0, 0.05) is 20.9 Å². The highest BCUT2D eigenvalue weighted by molar-refractivity contribution is 9.10. The Morgan fingerprint density at radius 1 is 1.08 bits per heavy atom. The van der Waals surface area contributed by atoms with Gasteiger partial charge < -0.3 is 5.73 Å². The van der Waals surface area contributed by atoms with E-state index in [9.17, 15) is 4.39 Å². The fraction of sp³-hybridized carbons (Fsp3) is 0. The molecule has 0 aliphatic rings. The van der Waals surface area contributed by atoms with Crippen molar-refractivity contribution in [3.63, 3.8) is 0 Å². The number of anilines is 1. The lowest BCUT2D eigenvalue weighted by Gasteiger charge is -2.03. The van der Waals surface area contributed by atoms with Crippen LogP contribution < -0.4 is 5.73 Å². The molecule has 0 unspecified atom stereocenters. The van der Waals surface area contributed by atoms with E-state index in [-0.39, 0.29) is 5.82 Å². The van der Waals surface area contributed by atoms with Crippen LogP contribution in [0.25, 0.3) is 10.8 Å². The minimum absolute atomic E-state index is 0.239.